The lowest BCUT2D eigenvalue weighted by atomic mass is 10.2. The van der Waals surface area contributed by atoms with Gasteiger partial charge in [0.25, 0.3) is 5.91 Å². The minimum absolute atomic E-state index is 0.186. The molecule has 28 heavy (non-hydrogen) atoms. The Balaban J connectivity index is 1.55. The topological polar surface area (TPSA) is 90.3 Å². The highest BCUT2D eigenvalue weighted by atomic mass is 16.5. The molecule has 0 fully saturated rings. The highest BCUT2D eigenvalue weighted by Gasteiger charge is 2.10. The third-order valence-electron chi connectivity index (χ3n) is 4.06. The summed E-state index contributed by atoms with van der Waals surface area (Å²) in [5.41, 5.74) is 0.505. The average Bonchev–Trinajstić information content (AvgIpc) is 3.25. The number of hydrogen-bond acceptors (Lipinski definition) is 6. The van der Waals surface area contributed by atoms with E-state index in [0.29, 0.717) is 41.8 Å². The van der Waals surface area contributed by atoms with Gasteiger partial charge in [0.05, 0.1) is 14.2 Å². The summed E-state index contributed by atoms with van der Waals surface area (Å²) in [4.78, 5) is 21.1. The molecule has 1 aromatic carbocycles. The minimum atomic E-state index is -0.186. The number of nitrogens with one attached hydrogen (secondary N) is 2. The van der Waals surface area contributed by atoms with Crippen molar-refractivity contribution in [1.29, 1.82) is 0 Å². The second kappa shape index (κ2) is 8.90. The van der Waals surface area contributed by atoms with Crippen LogP contribution in [0.15, 0.2) is 48.8 Å². The van der Waals surface area contributed by atoms with Gasteiger partial charge in [-0.15, -0.1) is 0 Å². The van der Waals surface area contributed by atoms with Gasteiger partial charge in [-0.2, -0.15) is 0 Å². The zero-order chi connectivity index (χ0) is 19.9. The maximum Gasteiger partial charge on any atom is 0.251 e. The Kier molecular flexibility index (Phi) is 6.11. The fourth-order valence-corrected chi connectivity index (χ4v) is 2.71. The van der Waals surface area contributed by atoms with E-state index < -0.39 is 0 Å². The smallest absolute Gasteiger partial charge is 0.251 e. The van der Waals surface area contributed by atoms with Gasteiger partial charge in [-0.1, -0.05) is 0 Å². The fraction of sp³-hybridized carbons (Fsp3) is 0.250. The molecule has 2 heterocycles. The number of nitrogens with zero attached hydrogens (tertiary/aromatic N) is 3. The highest BCUT2D eigenvalue weighted by Crippen LogP contribution is 2.27. The van der Waals surface area contributed by atoms with E-state index in [0.717, 1.165) is 5.82 Å². The molecule has 3 aromatic rings. The Morgan fingerprint density at radius 2 is 1.79 bits per heavy atom. The summed E-state index contributed by atoms with van der Waals surface area (Å²) in [5, 5.41) is 6.08. The molecule has 2 N–H and O–H groups in total. The molecule has 0 unspecified atom stereocenters. The van der Waals surface area contributed by atoms with Gasteiger partial charge in [0.1, 0.15) is 17.5 Å². The van der Waals surface area contributed by atoms with Crippen molar-refractivity contribution in [2.45, 2.75) is 6.92 Å². The van der Waals surface area contributed by atoms with Crippen molar-refractivity contribution >= 4 is 11.7 Å². The third kappa shape index (κ3) is 4.59. The summed E-state index contributed by atoms with van der Waals surface area (Å²) in [6, 6.07) is 10.8. The van der Waals surface area contributed by atoms with Crippen LogP contribution in [0.1, 0.15) is 16.2 Å². The quantitative estimate of drug-likeness (QED) is 0.583. The lowest BCUT2D eigenvalue weighted by molar-refractivity contribution is 0.0954. The van der Waals surface area contributed by atoms with E-state index in [-0.39, 0.29) is 5.91 Å². The molecule has 0 atom stereocenters. The number of amides is 1. The van der Waals surface area contributed by atoms with Crippen LogP contribution >= 0.6 is 0 Å². The SMILES string of the molecule is COc1ccc(C(=O)NCCNc2cc(-n3cccc3)nc(C)n2)cc1OC. The number of ether oxygens (including phenoxy) is 2. The summed E-state index contributed by atoms with van der Waals surface area (Å²) in [7, 11) is 3.09. The number of rotatable bonds is 8. The Labute approximate surface area is 163 Å². The normalized spacial score (nSPS) is 10.4. The van der Waals surface area contributed by atoms with Crippen molar-refractivity contribution in [3.8, 4) is 17.3 Å². The van der Waals surface area contributed by atoms with Gasteiger partial charge < -0.3 is 24.7 Å². The van der Waals surface area contributed by atoms with Gasteiger partial charge in [0.15, 0.2) is 11.5 Å². The van der Waals surface area contributed by atoms with E-state index >= 15 is 0 Å². The molecule has 0 saturated carbocycles. The Morgan fingerprint density at radius 3 is 2.50 bits per heavy atom. The van der Waals surface area contributed by atoms with E-state index in [1.165, 1.54) is 7.11 Å². The fourth-order valence-electron chi connectivity index (χ4n) is 2.71. The van der Waals surface area contributed by atoms with Crippen LogP contribution in [-0.2, 0) is 0 Å². The molecular formula is C20H23N5O3. The monoisotopic (exact) mass is 381 g/mol. The molecule has 146 valence electrons. The number of anilines is 1. The van der Waals surface area contributed by atoms with Crippen molar-refractivity contribution in [3.63, 3.8) is 0 Å². The van der Waals surface area contributed by atoms with Crippen molar-refractivity contribution in [1.82, 2.24) is 19.9 Å². The number of carbonyl (C=O) groups is 1. The summed E-state index contributed by atoms with van der Waals surface area (Å²) in [5.74, 6) is 3.07. The summed E-state index contributed by atoms with van der Waals surface area (Å²) in [6.07, 6.45) is 3.85. The molecule has 0 spiro atoms. The number of carbonyl (C=O) groups excluding carboxylic acids is 1. The summed E-state index contributed by atoms with van der Waals surface area (Å²) >= 11 is 0. The van der Waals surface area contributed by atoms with E-state index in [4.69, 9.17) is 9.47 Å². The number of methoxy groups -OCH3 is 2. The van der Waals surface area contributed by atoms with Crippen LogP contribution in [0, 0.1) is 6.92 Å². The molecule has 3 rings (SSSR count). The van der Waals surface area contributed by atoms with Gasteiger partial charge in [-0.25, -0.2) is 9.97 Å². The Morgan fingerprint density at radius 1 is 1.04 bits per heavy atom. The first-order valence-corrected chi connectivity index (χ1v) is 8.84. The first-order valence-electron chi connectivity index (χ1n) is 8.84. The highest BCUT2D eigenvalue weighted by molar-refractivity contribution is 5.94. The molecule has 0 aliphatic carbocycles. The second-order valence-corrected chi connectivity index (χ2v) is 6.00. The first kappa shape index (κ1) is 19.2. The van der Waals surface area contributed by atoms with Crippen LogP contribution in [0.3, 0.4) is 0 Å². The Bertz CT molecular complexity index is 941. The molecule has 0 radical (unpaired) electrons. The minimum Gasteiger partial charge on any atom is -0.493 e. The van der Waals surface area contributed by atoms with E-state index in [9.17, 15) is 4.79 Å². The van der Waals surface area contributed by atoms with Crippen molar-refractivity contribution in [2.24, 2.45) is 0 Å². The van der Waals surface area contributed by atoms with Gasteiger partial charge in [0, 0.05) is 37.1 Å². The molecule has 0 bridgehead atoms. The van der Waals surface area contributed by atoms with Crippen LogP contribution in [0.4, 0.5) is 5.82 Å². The van der Waals surface area contributed by atoms with E-state index in [1.807, 2.05) is 42.1 Å². The maximum atomic E-state index is 12.3. The number of aryl methyl sites for hydroxylation is 1. The van der Waals surface area contributed by atoms with Gasteiger partial charge in [-0.3, -0.25) is 4.79 Å². The van der Waals surface area contributed by atoms with Crippen molar-refractivity contribution < 1.29 is 14.3 Å². The molecule has 1 amide bonds. The average molecular weight is 381 g/mol. The lowest BCUT2D eigenvalue weighted by Crippen LogP contribution is -2.29. The zero-order valence-corrected chi connectivity index (χ0v) is 16.1. The molecule has 2 aromatic heterocycles. The van der Waals surface area contributed by atoms with Crippen LogP contribution in [0.2, 0.25) is 0 Å². The maximum absolute atomic E-state index is 12.3. The van der Waals surface area contributed by atoms with Crippen molar-refractivity contribution in [2.75, 3.05) is 32.6 Å². The molecule has 0 saturated heterocycles. The van der Waals surface area contributed by atoms with Crippen LogP contribution in [0.25, 0.3) is 5.82 Å². The van der Waals surface area contributed by atoms with Gasteiger partial charge in [-0.05, 0) is 37.3 Å². The Hall–Kier alpha value is -3.55. The molecule has 0 aliphatic heterocycles. The number of aromatic nitrogens is 3. The van der Waals surface area contributed by atoms with E-state index in [1.54, 1.807) is 25.3 Å². The predicted octanol–water partition coefficient (Wildman–Crippen LogP) is 2.43. The molecule has 8 heteroatoms. The molecular weight excluding hydrogens is 358 g/mol. The lowest BCUT2D eigenvalue weighted by Gasteiger charge is -2.11. The van der Waals surface area contributed by atoms with Crippen LogP contribution < -0.4 is 20.1 Å². The number of hydrogen-bond donors (Lipinski definition) is 2. The van der Waals surface area contributed by atoms with E-state index in [2.05, 4.69) is 20.6 Å². The standard InChI is InChI=1S/C20H23N5O3/c1-14-23-18(13-19(24-14)25-10-4-5-11-25)21-8-9-22-20(26)15-6-7-16(27-2)17(12-15)28-3/h4-7,10-13H,8-9H2,1-3H3,(H,22,26)(H,21,23,24). The summed E-state index contributed by atoms with van der Waals surface area (Å²) in [6.45, 7) is 2.81. The predicted molar refractivity (Wildman–Crippen MR) is 106 cm³/mol. The second-order valence-electron chi connectivity index (χ2n) is 6.00. The molecule has 8 nitrogen and oxygen atoms in total. The summed E-state index contributed by atoms with van der Waals surface area (Å²) < 4.78 is 12.3. The van der Waals surface area contributed by atoms with Gasteiger partial charge in [0.2, 0.25) is 0 Å². The largest absolute Gasteiger partial charge is 0.493 e. The molecule has 0 aliphatic rings. The zero-order valence-electron chi connectivity index (χ0n) is 16.1. The van der Waals surface area contributed by atoms with Crippen LogP contribution in [-0.4, -0.2) is 47.8 Å². The van der Waals surface area contributed by atoms with Gasteiger partial charge >= 0.3 is 0 Å². The first-order chi connectivity index (χ1) is 13.6. The van der Waals surface area contributed by atoms with Crippen LogP contribution in [0.5, 0.6) is 11.5 Å². The third-order valence-corrected chi connectivity index (χ3v) is 4.06. The number of benzene rings is 1. The van der Waals surface area contributed by atoms with Crippen molar-refractivity contribution in [3.05, 3.63) is 60.2 Å².